The molecule has 0 saturated heterocycles. The van der Waals surface area contributed by atoms with Crippen molar-refractivity contribution in [1.82, 2.24) is 10.6 Å². The Kier molecular flexibility index (Phi) is 4.29. The van der Waals surface area contributed by atoms with Crippen LogP contribution in [0.4, 0.5) is 4.79 Å². The number of rotatable bonds is 5. The Balaban J connectivity index is 1.78. The number of nitrogens with one attached hydrogen (secondary N) is 2. The molecule has 0 aromatic heterocycles. The van der Waals surface area contributed by atoms with Gasteiger partial charge in [0, 0.05) is 6.54 Å². The Bertz CT molecular complexity index is 518. The van der Waals surface area contributed by atoms with Gasteiger partial charge >= 0.3 is 6.03 Å². The first-order valence-electron chi connectivity index (χ1n) is 6.28. The minimum atomic E-state index is -0.719. The van der Waals surface area contributed by atoms with E-state index in [2.05, 4.69) is 10.6 Å². The number of fused-ring (bicyclic) bond motifs is 1. The van der Waals surface area contributed by atoms with E-state index in [1.54, 1.807) is 6.92 Å². The van der Waals surface area contributed by atoms with Crippen LogP contribution in [0.2, 0.25) is 0 Å². The zero-order valence-corrected chi connectivity index (χ0v) is 11.1. The van der Waals surface area contributed by atoms with Gasteiger partial charge in [-0.2, -0.15) is 0 Å². The zero-order valence-electron chi connectivity index (χ0n) is 11.1. The van der Waals surface area contributed by atoms with E-state index in [1.165, 1.54) is 0 Å². The molecule has 20 heavy (non-hydrogen) atoms. The summed E-state index contributed by atoms with van der Waals surface area (Å²) in [5.41, 5.74) is 5.98. The molecule has 0 aliphatic carbocycles. The lowest BCUT2D eigenvalue weighted by Crippen LogP contribution is -2.47. The second-order valence-corrected chi connectivity index (χ2v) is 4.46. The van der Waals surface area contributed by atoms with Gasteiger partial charge in [0.1, 0.15) is 6.04 Å². The lowest BCUT2D eigenvalue weighted by atomic mass is 10.1. The van der Waals surface area contributed by atoms with Gasteiger partial charge in [0.2, 0.25) is 12.7 Å². The average Bonchev–Trinajstić information content (AvgIpc) is 2.85. The van der Waals surface area contributed by atoms with Crippen molar-refractivity contribution in [3.63, 3.8) is 0 Å². The number of primary amides is 1. The molecule has 0 saturated carbocycles. The van der Waals surface area contributed by atoms with Crippen molar-refractivity contribution >= 4 is 11.9 Å². The summed E-state index contributed by atoms with van der Waals surface area (Å²) in [6.45, 7) is 2.27. The van der Waals surface area contributed by atoms with E-state index in [1.807, 2.05) is 18.2 Å². The highest BCUT2D eigenvalue weighted by molar-refractivity contribution is 5.86. The molecule has 1 aliphatic rings. The SMILES string of the molecule is C[C@@H](NC(N)=O)C(=O)NCCc1ccc2c(c1)OCO2. The van der Waals surface area contributed by atoms with Crippen molar-refractivity contribution in [3.05, 3.63) is 23.8 Å². The molecule has 4 N–H and O–H groups in total. The monoisotopic (exact) mass is 279 g/mol. The van der Waals surface area contributed by atoms with Crippen LogP contribution in [-0.2, 0) is 11.2 Å². The topological polar surface area (TPSA) is 103 Å². The maximum absolute atomic E-state index is 11.6. The van der Waals surface area contributed by atoms with E-state index in [0.29, 0.717) is 13.0 Å². The molecule has 7 nitrogen and oxygen atoms in total. The molecule has 1 aliphatic heterocycles. The molecule has 0 fully saturated rings. The fraction of sp³-hybridized carbons (Fsp3) is 0.385. The van der Waals surface area contributed by atoms with E-state index in [0.717, 1.165) is 17.1 Å². The van der Waals surface area contributed by atoms with Gasteiger partial charge in [0.05, 0.1) is 0 Å². The van der Waals surface area contributed by atoms with E-state index in [-0.39, 0.29) is 12.7 Å². The Labute approximate surface area is 116 Å². The molecular weight excluding hydrogens is 262 g/mol. The maximum Gasteiger partial charge on any atom is 0.312 e. The molecule has 7 heteroatoms. The number of benzene rings is 1. The normalized spacial score (nSPS) is 13.7. The van der Waals surface area contributed by atoms with E-state index >= 15 is 0 Å². The third-order valence-corrected chi connectivity index (χ3v) is 2.90. The van der Waals surface area contributed by atoms with Crippen LogP contribution in [0.25, 0.3) is 0 Å². The molecule has 1 heterocycles. The van der Waals surface area contributed by atoms with Crippen molar-refractivity contribution in [1.29, 1.82) is 0 Å². The highest BCUT2D eigenvalue weighted by Crippen LogP contribution is 2.32. The molecular formula is C13H17N3O4. The van der Waals surface area contributed by atoms with Gasteiger partial charge in [-0.15, -0.1) is 0 Å². The third kappa shape index (κ3) is 3.53. The number of hydrogen-bond acceptors (Lipinski definition) is 4. The molecule has 3 amide bonds. The van der Waals surface area contributed by atoms with Crippen LogP contribution < -0.4 is 25.8 Å². The van der Waals surface area contributed by atoms with Gasteiger partial charge in [-0.1, -0.05) is 6.07 Å². The smallest absolute Gasteiger partial charge is 0.312 e. The quantitative estimate of drug-likeness (QED) is 0.713. The molecule has 0 spiro atoms. The number of hydrogen-bond donors (Lipinski definition) is 3. The summed E-state index contributed by atoms with van der Waals surface area (Å²) < 4.78 is 10.5. The number of ether oxygens (including phenoxy) is 2. The summed E-state index contributed by atoms with van der Waals surface area (Å²) in [6.07, 6.45) is 0.658. The second kappa shape index (κ2) is 6.14. The van der Waals surface area contributed by atoms with Crippen molar-refractivity contribution in [3.8, 4) is 11.5 Å². The van der Waals surface area contributed by atoms with Gasteiger partial charge in [-0.05, 0) is 31.0 Å². The summed E-state index contributed by atoms with van der Waals surface area (Å²) in [7, 11) is 0. The molecule has 0 radical (unpaired) electrons. The van der Waals surface area contributed by atoms with Crippen molar-refractivity contribution in [2.45, 2.75) is 19.4 Å². The summed E-state index contributed by atoms with van der Waals surface area (Å²) >= 11 is 0. The van der Waals surface area contributed by atoms with Gasteiger partial charge in [-0.25, -0.2) is 4.79 Å². The third-order valence-electron chi connectivity index (χ3n) is 2.90. The zero-order chi connectivity index (χ0) is 14.5. The Morgan fingerprint density at radius 1 is 1.35 bits per heavy atom. The van der Waals surface area contributed by atoms with Gasteiger partial charge in [0.15, 0.2) is 11.5 Å². The van der Waals surface area contributed by atoms with Gasteiger partial charge in [-0.3, -0.25) is 4.79 Å². The molecule has 1 atom stereocenters. The fourth-order valence-electron chi connectivity index (χ4n) is 1.86. The Morgan fingerprint density at radius 2 is 2.10 bits per heavy atom. The maximum atomic E-state index is 11.6. The summed E-state index contributed by atoms with van der Waals surface area (Å²) in [5.74, 6) is 1.18. The number of nitrogens with two attached hydrogens (primary N) is 1. The average molecular weight is 279 g/mol. The number of carbonyl (C=O) groups is 2. The lowest BCUT2D eigenvalue weighted by molar-refractivity contribution is -0.122. The predicted molar refractivity (Wildman–Crippen MR) is 71.5 cm³/mol. The van der Waals surface area contributed by atoms with Crippen LogP contribution in [0.15, 0.2) is 18.2 Å². The first-order chi connectivity index (χ1) is 9.56. The highest BCUT2D eigenvalue weighted by atomic mass is 16.7. The molecule has 108 valence electrons. The number of amides is 3. The first kappa shape index (κ1) is 14.0. The molecule has 2 rings (SSSR count). The van der Waals surface area contributed by atoms with E-state index in [4.69, 9.17) is 15.2 Å². The van der Waals surface area contributed by atoms with Crippen LogP contribution in [0.3, 0.4) is 0 Å². The number of carbonyl (C=O) groups excluding carboxylic acids is 2. The van der Waals surface area contributed by atoms with E-state index in [9.17, 15) is 9.59 Å². The summed E-state index contributed by atoms with van der Waals surface area (Å²) in [4.78, 5) is 22.3. The van der Waals surface area contributed by atoms with Crippen LogP contribution >= 0.6 is 0 Å². The van der Waals surface area contributed by atoms with Gasteiger partial charge in [0.25, 0.3) is 0 Å². The van der Waals surface area contributed by atoms with Crippen LogP contribution in [0.5, 0.6) is 11.5 Å². The largest absolute Gasteiger partial charge is 0.454 e. The van der Waals surface area contributed by atoms with Crippen molar-refractivity contribution in [2.75, 3.05) is 13.3 Å². The number of urea groups is 1. The minimum Gasteiger partial charge on any atom is -0.454 e. The Morgan fingerprint density at radius 3 is 2.85 bits per heavy atom. The Hall–Kier alpha value is -2.44. The molecule has 1 aromatic carbocycles. The van der Waals surface area contributed by atoms with Crippen LogP contribution in [-0.4, -0.2) is 31.3 Å². The fourth-order valence-corrected chi connectivity index (χ4v) is 1.86. The lowest BCUT2D eigenvalue weighted by Gasteiger charge is -2.12. The van der Waals surface area contributed by atoms with Gasteiger partial charge < -0.3 is 25.8 Å². The second-order valence-electron chi connectivity index (χ2n) is 4.46. The first-order valence-corrected chi connectivity index (χ1v) is 6.28. The van der Waals surface area contributed by atoms with Crippen LogP contribution in [0.1, 0.15) is 12.5 Å². The van der Waals surface area contributed by atoms with Crippen molar-refractivity contribution in [2.24, 2.45) is 5.73 Å². The van der Waals surface area contributed by atoms with Crippen LogP contribution in [0, 0.1) is 0 Å². The summed E-state index contributed by atoms with van der Waals surface area (Å²) in [6, 6.07) is 4.29. The standard InChI is InChI=1S/C13H17N3O4/c1-8(16-13(14)18)12(17)15-5-4-9-2-3-10-11(6-9)20-7-19-10/h2-3,6,8H,4-5,7H2,1H3,(H,15,17)(H3,14,16,18)/t8-/m1/s1. The minimum absolute atomic E-state index is 0.242. The molecule has 0 unspecified atom stereocenters. The molecule has 0 bridgehead atoms. The highest BCUT2D eigenvalue weighted by Gasteiger charge is 2.15. The van der Waals surface area contributed by atoms with E-state index < -0.39 is 12.1 Å². The summed E-state index contributed by atoms with van der Waals surface area (Å²) in [5, 5.41) is 5.04. The molecule has 1 aromatic rings. The van der Waals surface area contributed by atoms with Crippen molar-refractivity contribution < 1.29 is 19.1 Å². The predicted octanol–water partition coefficient (Wildman–Crippen LogP) is 0.131.